The van der Waals surface area contributed by atoms with E-state index in [1.165, 1.54) is 0 Å². The molecule has 4 aromatic heterocycles. The van der Waals surface area contributed by atoms with Crippen molar-refractivity contribution < 1.29 is 69.8 Å². The summed E-state index contributed by atoms with van der Waals surface area (Å²) in [5.41, 5.74) is 2.64. The monoisotopic (exact) mass is 1090 g/mol. The maximum absolute atomic E-state index is 13.7. The second kappa shape index (κ2) is 30.4. The van der Waals surface area contributed by atoms with Crippen molar-refractivity contribution in [3.05, 3.63) is 130 Å². The SMILES string of the molecule is CC(C)(C)OC(=O)N1CCN(c2nc(CCCO)cn(-c3ccc(-c4ncccn4)cc3)c2=O)CC1.CCOC(=O)CCc1cn(-c2ccc(-c3ncccn3)cc2)c(=O)c(N2CCN(C(=O)OC(C)(C)C)CC2)n1.CO.[B].[H-].[Na+]. The number of aromatic nitrogens is 8. The predicted octanol–water partition coefficient (Wildman–Crippen LogP) is 2.26. The molecule has 79 heavy (non-hydrogen) atoms. The molecule has 0 aliphatic carbocycles. The molecule has 2 aliphatic rings. The predicted molar refractivity (Wildman–Crippen MR) is 297 cm³/mol. The summed E-state index contributed by atoms with van der Waals surface area (Å²) in [4.78, 5) is 97.6. The number of hydrogen-bond acceptors (Lipinski definition) is 18. The zero-order chi connectivity index (χ0) is 55.7. The van der Waals surface area contributed by atoms with E-state index in [0.717, 1.165) is 18.2 Å². The number of hydrogen-bond donors (Lipinski definition) is 2. The zero-order valence-electron chi connectivity index (χ0n) is 47.7. The van der Waals surface area contributed by atoms with Crippen molar-refractivity contribution in [1.29, 1.82) is 0 Å². The molecule has 6 heterocycles. The Labute approximate surface area is 486 Å². The molecule has 6 aromatic rings. The Bertz CT molecular complexity index is 3010. The molecular weight excluding hydrogens is 1020 g/mol. The first-order chi connectivity index (χ1) is 36.9. The van der Waals surface area contributed by atoms with Gasteiger partial charge in [-0.3, -0.25) is 23.5 Å². The number of aliphatic hydroxyl groups is 2. The number of piperazine rings is 2. The van der Waals surface area contributed by atoms with Crippen molar-refractivity contribution in [2.45, 2.75) is 85.4 Å². The summed E-state index contributed by atoms with van der Waals surface area (Å²) in [5.74, 6) is 1.49. The third kappa shape index (κ3) is 18.5. The van der Waals surface area contributed by atoms with E-state index in [-0.39, 0.29) is 87.5 Å². The van der Waals surface area contributed by atoms with Crippen molar-refractivity contribution in [3.8, 4) is 34.2 Å². The van der Waals surface area contributed by atoms with Gasteiger partial charge in [-0.25, -0.2) is 39.5 Å². The molecule has 22 nitrogen and oxygen atoms in total. The minimum absolute atomic E-state index is 0. The minimum Gasteiger partial charge on any atom is -1.00 e. The molecule has 0 spiro atoms. The number of anilines is 2. The van der Waals surface area contributed by atoms with Gasteiger partial charge in [0, 0.05) is 141 Å². The Morgan fingerprint density at radius 3 is 1.30 bits per heavy atom. The molecule has 0 bridgehead atoms. The largest absolute Gasteiger partial charge is 1.00 e. The summed E-state index contributed by atoms with van der Waals surface area (Å²) in [6, 6.07) is 18.3. The van der Waals surface area contributed by atoms with Crippen LogP contribution in [0.2, 0.25) is 0 Å². The summed E-state index contributed by atoms with van der Waals surface area (Å²) in [7, 11) is 1.00. The van der Waals surface area contributed by atoms with Gasteiger partial charge in [0.05, 0.1) is 24.4 Å². The van der Waals surface area contributed by atoms with Crippen LogP contribution in [0.3, 0.4) is 0 Å². The Kier molecular flexibility index (Phi) is 24.8. The standard InChI is InChI=1S/C28H34N6O5.C26H32N6O4.CH4O.B.Na.H/c1-5-38-23(35)12-9-21-19-34(22-10-7-20(8-11-22)24-29-13-6-14-30-24)26(36)25(31-21)32-15-17-33(18-16-32)27(37)39-28(2,3)4;1-26(2,3)36-25(35)31-15-13-30(14-16-31)23-24(34)32(18-20(29-23)6-4-17-33)21-9-7-19(8-10-21)22-27-11-5-12-28-22;1-2;;;/h6-8,10-11,13-14,19H,5,9,12,15-18H2,1-4H3;5,7-12,18,33H,4,6,13-17H2,1-3H3;2H,1H3;;;/q;;;;+1;-1. The molecule has 24 heteroatoms. The Morgan fingerprint density at radius 1 is 0.595 bits per heavy atom. The number of benzene rings is 2. The average molecular weight is 1090 g/mol. The average Bonchev–Trinajstić information content (AvgIpc) is 3.43. The first-order valence-corrected chi connectivity index (χ1v) is 25.6. The minimum atomic E-state index is -0.584. The van der Waals surface area contributed by atoms with Crippen LogP contribution in [0.25, 0.3) is 34.2 Å². The van der Waals surface area contributed by atoms with Gasteiger partial charge in [-0.15, -0.1) is 0 Å². The molecule has 415 valence electrons. The molecule has 3 radical (unpaired) electrons. The van der Waals surface area contributed by atoms with E-state index in [1.807, 2.05) is 99.9 Å². The molecule has 2 saturated heterocycles. The van der Waals surface area contributed by atoms with Crippen LogP contribution in [0.5, 0.6) is 0 Å². The second-order valence-electron chi connectivity index (χ2n) is 19.7. The number of nitrogens with zero attached hydrogens (tertiary/aromatic N) is 12. The van der Waals surface area contributed by atoms with E-state index in [1.54, 1.807) is 75.2 Å². The van der Waals surface area contributed by atoms with Crippen molar-refractivity contribution in [3.63, 3.8) is 0 Å². The van der Waals surface area contributed by atoms with Gasteiger partial charge < -0.3 is 45.4 Å². The number of ether oxygens (including phenoxy) is 3. The molecule has 2 aliphatic heterocycles. The number of carbonyl (C=O) groups is 3. The van der Waals surface area contributed by atoms with Crippen molar-refractivity contribution in [2.24, 2.45) is 0 Å². The maximum atomic E-state index is 13.7. The molecule has 0 unspecified atom stereocenters. The van der Waals surface area contributed by atoms with E-state index < -0.39 is 11.2 Å². The quantitative estimate of drug-likeness (QED) is 0.0956. The van der Waals surface area contributed by atoms with Crippen LogP contribution in [-0.4, -0.2) is 170 Å². The number of carbonyl (C=O) groups excluding carboxylic acids is 3. The normalized spacial score (nSPS) is 13.3. The Hall–Kier alpha value is -7.05. The maximum Gasteiger partial charge on any atom is 1.00 e. The van der Waals surface area contributed by atoms with E-state index in [0.29, 0.717) is 118 Å². The van der Waals surface area contributed by atoms with Crippen LogP contribution in [0.1, 0.15) is 74.1 Å². The van der Waals surface area contributed by atoms with Crippen LogP contribution in [0.15, 0.2) is 107 Å². The van der Waals surface area contributed by atoms with Gasteiger partial charge >= 0.3 is 47.7 Å². The molecule has 2 amide bonds. The van der Waals surface area contributed by atoms with Gasteiger partial charge in [-0.1, -0.05) is 0 Å². The van der Waals surface area contributed by atoms with Crippen LogP contribution in [-0.2, 0) is 31.8 Å². The van der Waals surface area contributed by atoms with Gasteiger partial charge in [0.2, 0.25) is 0 Å². The molecule has 2 fully saturated rings. The number of rotatable bonds is 13. The van der Waals surface area contributed by atoms with Crippen molar-refractivity contribution in [2.75, 3.05) is 82.5 Å². The van der Waals surface area contributed by atoms with Crippen molar-refractivity contribution in [1.82, 2.24) is 48.8 Å². The van der Waals surface area contributed by atoms with Gasteiger partial charge in [-0.2, -0.15) is 0 Å². The molecule has 0 saturated carbocycles. The van der Waals surface area contributed by atoms with Gasteiger partial charge in [-0.05, 0) is 122 Å². The number of amides is 2. The third-order valence-corrected chi connectivity index (χ3v) is 11.8. The molecule has 2 aromatic carbocycles. The number of esters is 1. The van der Waals surface area contributed by atoms with Crippen LogP contribution in [0, 0.1) is 0 Å². The van der Waals surface area contributed by atoms with E-state index in [9.17, 15) is 29.1 Å². The van der Waals surface area contributed by atoms with Crippen LogP contribution < -0.4 is 50.5 Å². The number of aliphatic hydroxyl groups excluding tert-OH is 2. The van der Waals surface area contributed by atoms with E-state index in [2.05, 4.69) is 29.9 Å². The van der Waals surface area contributed by atoms with Gasteiger partial charge in [0.1, 0.15) is 11.2 Å². The smallest absolute Gasteiger partial charge is 1.00 e. The van der Waals surface area contributed by atoms with Gasteiger partial charge in [0.15, 0.2) is 23.3 Å². The van der Waals surface area contributed by atoms with Crippen LogP contribution >= 0.6 is 0 Å². The van der Waals surface area contributed by atoms with Crippen LogP contribution in [0.4, 0.5) is 21.2 Å². The fourth-order valence-electron chi connectivity index (χ4n) is 8.11. The summed E-state index contributed by atoms with van der Waals surface area (Å²) in [5, 5.41) is 16.3. The summed E-state index contributed by atoms with van der Waals surface area (Å²) >= 11 is 0. The summed E-state index contributed by atoms with van der Waals surface area (Å²) in [6.07, 6.45) is 10.9. The zero-order valence-corrected chi connectivity index (χ0v) is 48.7. The van der Waals surface area contributed by atoms with E-state index in [4.69, 9.17) is 19.3 Å². The summed E-state index contributed by atoms with van der Waals surface area (Å²) < 4.78 is 19.2. The molecule has 8 rings (SSSR count). The fourth-order valence-corrected chi connectivity index (χ4v) is 8.11. The molecule has 2 N–H and O–H groups in total. The topological polar surface area (TPSA) is 254 Å². The fraction of sp³-hybridized carbons (Fsp3) is 0.436. The van der Waals surface area contributed by atoms with Crippen molar-refractivity contribution >= 4 is 38.2 Å². The van der Waals surface area contributed by atoms with E-state index >= 15 is 0 Å². The Morgan fingerprint density at radius 2 is 0.962 bits per heavy atom. The Balaban J connectivity index is 0.000000394. The first-order valence-electron chi connectivity index (χ1n) is 25.6. The third-order valence-electron chi connectivity index (χ3n) is 11.8. The second-order valence-corrected chi connectivity index (χ2v) is 19.7. The molecular formula is C55H71BN12NaO10. The summed E-state index contributed by atoms with van der Waals surface area (Å²) in [6.45, 7) is 16.5. The van der Waals surface area contributed by atoms with Gasteiger partial charge in [0.25, 0.3) is 11.1 Å². The molecule has 0 atom stereocenters. The number of aryl methyl sites for hydroxylation is 2. The first kappa shape index (κ1) is 64.5.